The van der Waals surface area contributed by atoms with Gasteiger partial charge in [0.05, 0.1) is 16.6 Å². The van der Waals surface area contributed by atoms with Gasteiger partial charge in [-0.15, -0.1) is 0 Å². The average molecular weight is 579 g/mol. The molecule has 0 unspecified atom stereocenters. The number of fused-ring (bicyclic) bond motifs is 9. The van der Waals surface area contributed by atoms with Crippen molar-refractivity contribution >= 4 is 73.0 Å². The minimum Gasteiger partial charge on any atom is -0.292 e. The van der Waals surface area contributed by atoms with Crippen LogP contribution in [0.4, 0.5) is 0 Å². The third kappa shape index (κ3) is 3.96. The van der Waals surface area contributed by atoms with Gasteiger partial charge in [0.1, 0.15) is 5.65 Å². The molecule has 9 aromatic rings. The first-order valence-corrected chi connectivity index (χ1v) is 16.3. The summed E-state index contributed by atoms with van der Waals surface area (Å²) in [6, 6.07) is 59.6. The molecular weight excluding hydrogens is 551 g/mol. The van der Waals surface area contributed by atoms with Crippen LogP contribution in [0.5, 0.6) is 0 Å². The molecule has 9 rings (SSSR count). The number of hydrogen-bond donors (Lipinski definition) is 0. The van der Waals surface area contributed by atoms with E-state index >= 15 is 0 Å². The average Bonchev–Trinajstić information content (AvgIpc) is 3.49. The molecule has 0 amide bonds. The number of aromatic nitrogens is 2. The molecular formula is C41H27N2P. The van der Waals surface area contributed by atoms with Crippen molar-refractivity contribution in [2.45, 2.75) is 0 Å². The van der Waals surface area contributed by atoms with Gasteiger partial charge in [-0.2, -0.15) is 0 Å². The van der Waals surface area contributed by atoms with Crippen molar-refractivity contribution in [2.75, 3.05) is 0 Å². The first-order chi connectivity index (χ1) is 21.8. The maximum absolute atomic E-state index is 5.25. The molecule has 0 atom stereocenters. The van der Waals surface area contributed by atoms with Crippen molar-refractivity contribution in [2.24, 2.45) is 0 Å². The normalized spacial score (nSPS) is 11.8. The molecule has 44 heavy (non-hydrogen) atoms. The van der Waals surface area contributed by atoms with Crippen LogP contribution in [0.25, 0.3) is 60.3 Å². The highest BCUT2D eigenvalue weighted by atomic mass is 31.1. The quantitative estimate of drug-likeness (QED) is 0.150. The molecule has 0 aliphatic carbocycles. The van der Waals surface area contributed by atoms with Crippen LogP contribution in [-0.4, -0.2) is 9.38 Å². The summed E-state index contributed by atoms with van der Waals surface area (Å²) in [5.74, 6) is 0. The first kappa shape index (κ1) is 25.2. The molecule has 2 heterocycles. The second-order valence-electron chi connectivity index (χ2n) is 11.3. The molecule has 2 aromatic heterocycles. The van der Waals surface area contributed by atoms with Gasteiger partial charge in [-0.05, 0) is 75.4 Å². The van der Waals surface area contributed by atoms with Gasteiger partial charge in [-0.1, -0.05) is 140 Å². The molecule has 7 aromatic carbocycles. The van der Waals surface area contributed by atoms with Crippen LogP contribution in [0.3, 0.4) is 0 Å². The minimum atomic E-state index is -0.692. The summed E-state index contributed by atoms with van der Waals surface area (Å²) in [4.78, 5) is 5.25. The zero-order chi connectivity index (χ0) is 29.0. The number of para-hydroxylation sites is 1. The minimum absolute atomic E-state index is 0.692. The third-order valence-electron chi connectivity index (χ3n) is 8.72. The van der Waals surface area contributed by atoms with E-state index in [0.29, 0.717) is 0 Å². The Bertz CT molecular complexity index is 2460. The molecule has 0 N–H and O–H groups in total. The van der Waals surface area contributed by atoms with Crippen molar-refractivity contribution in [1.29, 1.82) is 0 Å². The van der Waals surface area contributed by atoms with Gasteiger partial charge in [0.2, 0.25) is 0 Å². The topological polar surface area (TPSA) is 17.3 Å². The van der Waals surface area contributed by atoms with Crippen molar-refractivity contribution in [1.82, 2.24) is 9.38 Å². The highest BCUT2D eigenvalue weighted by molar-refractivity contribution is 7.79. The molecule has 3 heteroatoms. The fraction of sp³-hybridized carbons (Fsp3) is 0. The summed E-state index contributed by atoms with van der Waals surface area (Å²) in [6.45, 7) is 0. The SMILES string of the molecule is c1ccc(P(c2ccccc2)c2ccc3cccc(-c4ccc5c(c4)nc4c6ccccc6c6ccccc6n54)c3c2)cc1. The van der Waals surface area contributed by atoms with Gasteiger partial charge in [-0.3, -0.25) is 4.40 Å². The van der Waals surface area contributed by atoms with Crippen molar-refractivity contribution in [3.8, 4) is 11.1 Å². The van der Waals surface area contributed by atoms with E-state index in [2.05, 4.69) is 168 Å². The zero-order valence-electron chi connectivity index (χ0n) is 23.9. The van der Waals surface area contributed by atoms with Crippen molar-refractivity contribution < 1.29 is 0 Å². The molecule has 0 saturated heterocycles. The third-order valence-corrected chi connectivity index (χ3v) is 11.1. The van der Waals surface area contributed by atoms with Gasteiger partial charge in [0.15, 0.2) is 0 Å². The standard InChI is InChI=1S/C41H27N2P/c1-3-13-30(14-4-1)44(31-15-5-2-6-16-31)32-24-22-28-12-11-20-33(37(28)27-32)29-23-25-40-38(26-29)42-41-36-19-8-7-17-34(36)35-18-9-10-21-39(35)43(40)41/h1-27H. The lowest BCUT2D eigenvalue weighted by molar-refractivity contribution is 1.31. The van der Waals surface area contributed by atoms with E-state index in [-0.39, 0.29) is 0 Å². The fourth-order valence-electron chi connectivity index (χ4n) is 6.73. The van der Waals surface area contributed by atoms with E-state index in [1.54, 1.807) is 0 Å². The highest BCUT2D eigenvalue weighted by Crippen LogP contribution is 2.38. The van der Waals surface area contributed by atoms with Crippen LogP contribution in [0.1, 0.15) is 0 Å². The van der Waals surface area contributed by atoms with E-state index in [9.17, 15) is 0 Å². The van der Waals surface area contributed by atoms with Crippen LogP contribution < -0.4 is 15.9 Å². The number of hydrogen-bond acceptors (Lipinski definition) is 1. The summed E-state index contributed by atoms with van der Waals surface area (Å²) in [5, 5.41) is 10.2. The second-order valence-corrected chi connectivity index (χ2v) is 13.5. The second kappa shape index (κ2) is 10.2. The van der Waals surface area contributed by atoms with Crippen LogP contribution in [0.15, 0.2) is 164 Å². The fourth-order valence-corrected chi connectivity index (χ4v) is 9.05. The Morgan fingerprint density at radius 2 is 1.11 bits per heavy atom. The monoisotopic (exact) mass is 578 g/mol. The van der Waals surface area contributed by atoms with Gasteiger partial charge < -0.3 is 0 Å². The van der Waals surface area contributed by atoms with Crippen LogP contribution >= 0.6 is 7.92 Å². The van der Waals surface area contributed by atoms with E-state index in [1.165, 1.54) is 59.5 Å². The Morgan fingerprint density at radius 3 is 1.89 bits per heavy atom. The Morgan fingerprint density at radius 1 is 0.432 bits per heavy atom. The molecule has 0 saturated carbocycles. The van der Waals surface area contributed by atoms with E-state index in [4.69, 9.17) is 4.98 Å². The summed E-state index contributed by atoms with van der Waals surface area (Å²) in [6.07, 6.45) is 0. The zero-order valence-corrected chi connectivity index (χ0v) is 24.8. The lowest BCUT2D eigenvalue weighted by Gasteiger charge is -2.20. The van der Waals surface area contributed by atoms with Gasteiger partial charge >= 0.3 is 0 Å². The van der Waals surface area contributed by atoms with E-state index in [1.807, 2.05) is 0 Å². The summed E-state index contributed by atoms with van der Waals surface area (Å²) >= 11 is 0. The molecule has 0 aliphatic rings. The lowest BCUT2D eigenvalue weighted by atomic mass is 9.98. The molecule has 0 spiro atoms. The van der Waals surface area contributed by atoms with Crippen LogP contribution in [0, 0.1) is 0 Å². The largest absolute Gasteiger partial charge is 0.292 e. The Labute approximate surface area is 256 Å². The smallest absolute Gasteiger partial charge is 0.146 e. The van der Waals surface area contributed by atoms with Crippen molar-refractivity contribution in [3.05, 3.63) is 164 Å². The predicted octanol–water partition coefficient (Wildman–Crippen LogP) is 9.37. The van der Waals surface area contributed by atoms with Crippen LogP contribution in [0.2, 0.25) is 0 Å². The Hall–Kier alpha value is -5.30. The molecule has 206 valence electrons. The van der Waals surface area contributed by atoms with Gasteiger partial charge in [-0.25, -0.2) is 4.98 Å². The van der Waals surface area contributed by atoms with Crippen LogP contribution in [-0.2, 0) is 0 Å². The number of imidazole rings is 1. The molecule has 0 radical (unpaired) electrons. The maximum Gasteiger partial charge on any atom is 0.146 e. The number of rotatable bonds is 4. The number of benzene rings is 7. The predicted molar refractivity (Wildman–Crippen MR) is 189 cm³/mol. The molecule has 2 nitrogen and oxygen atoms in total. The maximum atomic E-state index is 5.25. The first-order valence-electron chi connectivity index (χ1n) is 15.0. The Kier molecular flexibility index (Phi) is 5.82. The lowest BCUT2D eigenvalue weighted by Crippen LogP contribution is -2.20. The van der Waals surface area contributed by atoms with E-state index < -0.39 is 7.92 Å². The van der Waals surface area contributed by atoms with E-state index in [0.717, 1.165) is 16.7 Å². The molecule has 0 bridgehead atoms. The molecule has 0 fully saturated rings. The van der Waals surface area contributed by atoms with Gasteiger partial charge in [0.25, 0.3) is 0 Å². The van der Waals surface area contributed by atoms with Gasteiger partial charge in [0, 0.05) is 10.8 Å². The number of pyridine rings is 1. The summed E-state index contributed by atoms with van der Waals surface area (Å²) in [5.41, 5.74) is 6.73. The summed E-state index contributed by atoms with van der Waals surface area (Å²) < 4.78 is 2.32. The van der Waals surface area contributed by atoms with Crippen molar-refractivity contribution in [3.63, 3.8) is 0 Å². The highest BCUT2D eigenvalue weighted by Gasteiger charge is 2.18. The number of nitrogens with zero attached hydrogens (tertiary/aromatic N) is 2. The molecule has 0 aliphatic heterocycles. The summed E-state index contributed by atoms with van der Waals surface area (Å²) in [7, 11) is -0.692. The Balaban J connectivity index is 1.26.